The summed E-state index contributed by atoms with van der Waals surface area (Å²) in [5.74, 6) is 0.502. The molecule has 1 aromatic rings. The molecule has 0 radical (unpaired) electrons. The van der Waals surface area contributed by atoms with Gasteiger partial charge in [-0.15, -0.1) is 0 Å². The fourth-order valence-electron chi connectivity index (χ4n) is 1.95. The molecule has 0 amide bonds. The molecule has 0 aromatic heterocycles. The Bertz CT molecular complexity index is 448. The number of carbonyl (C=O) groups excluding carboxylic acids is 1. The smallest absolute Gasteiger partial charge is 0.176 e. The quantitative estimate of drug-likeness (QED) is 0.793. The molecule has 1 aliphatic carbocycles. The predicted molar refractivity (Wildman–Crippen MR) is 60.2 cm³/mol. The van der Waals surface area contributed by atoms with Crippen molar-refractivity contribution < 1.29 is 14.6 Å². The van der Waals surface area contributed by atoms with Gasteiger partial charge in [-0.1, -0.05) is 30.3 Å². The molecule has 16 heavy (non-hydrogen) atoms. The van der Waals surface area contributed by atoms with Crippen LogP contribution in [-0.4, -0.2) is 18.0 Å². The number of aliphatic hydroxyl groups is 1. The second-order valence-corrected chi connectivity index (χ2v) is 4.18. The Hall–Kier alpha value is -1.77. The van der Waals surface area contributed by atoms with Crippen molar-refractivity contribution in [1.29, 1.82) is 0 Å². The molecule has 84 valence electrons. The van der Waals surface area contributed by atoms with Crippen molar-refractivity contribution in [2.24, 2.45) is 5.41 Å². The summed E-state index contributed by atoms with van der Waals surface area (Å²) in [6.07, 6.45) is 0.461. The van der Waals surface area contributed by atoms with Crippen molar-refractivity contribution >= 4 is 5.78 Å². The number of Topliss-reactive ketones (excluding diaryl/α,β-unsaturated/α-hetero) is 1. The number of ketones is 1. The van der Waals surface area contributed by atoms with Crippen LogP contribution < -0.4 is 0 Å². The van der Waals surface area contributed by atoms with Gasteiger partial charge in [0, 0.05) is 12.0 Å². The number of hydrogen-bond donors (Lipinski definition) is 1. The Morgan fingerprint density at radius 2 is 2.00 bits per heavy atom. The van der Waals surface area contributed by atoms with Gasteiger partial charge in [-0.05, 0) is 6.92 Å². The van der Waals surface area contributed by atoms with Crippen molar-refractivity contribution in [2.45, 2.75) is 13.3 Å². The van der Waals surface area contributed by atoms with Gasteiger partial charge in [0.2, 0.25) is 0 Å². The Morgan fingerprint density at radius 1 is 1.38 bits per heavy atom. The van der Waals surface area contributed by atoms with Gasteiger partial charge >= 0.3 is 0 Å². The largest absolute Gasteiger partial charge is 0.508 e. The molecule has 1 atom stereocenters. The average molecular weight is 218 g/mol. The topological polar surface area (TPSA) is 46.5 Å². The normalized spacial score (nSPS) is 23.9. The molecule has 1 N–H and O–H groups in total. The number of aliphatic hydroxyl groups excluding tert-OH is 1. The molecular weight excluding hydrogens is 204 g/mol. The Balaban J connectivity index is 2.29. The van der Waals surface area contributed by atoms with Gasteiger partial charge in [0.15, 0.2) is 5.78 Å². The number of benzene rings is 1. The minimum absolute atomic E-state index is 0.0591. The van der Waals surface area contributed by atoms with Gasteiger partial charge < -0.3 is 9.84 Å². The lowest BCUT2D eigenvalue weighted by Gasteiger charge is -2.37. The number of rotatable bonds is 3. The molecule has 0 bridgehead atoms. The molecule has 3 nitrogen and oxygen atoms in total. The lowest BCUT2D eigenvalue weighted by Crippen LogP contribution is -2.39. The van der Waals surface area contributed by atoms with Crippen molar-refractivity contribution in [3.05, 3.63) is 47.4 Å². The van der Waals surface area contributed by atoms with E-state index in [0.29, 0.717) is 17.7 Å². The summed E-state index contributed by atoms with van der Waals surface area (Å²) >= 11 is 0. The maximum Gasteiger partial charge on any atom is 0.176 e. The van der Waals surface area contributed by atoms with Gasteiger partial charge in [-0.3, -0.25) is 4.79 Å². The monoisotopic (exact) mass is 218 g/mol. The van der Waals surface area contributed by atoms with Crippen molar-refractivity contribution in [1.82, 2.24) is 0 Å². The second kappa shape index (κ2) is 3.67. The van der Waals surface area contributed by atoms with Crippen LogP contribution in [0.5, 0.6) is 0 Å². The Morgan fingerprint density at radius 3 is 2.50 bits per heavy atom. The molecular formula is C13H14O3. The first-order valence-corrected chi connectivity index (χ1v) is 5.16. The fraction of sp³-hybridized carbons (Fsp3) is 0.308. The van der Waals surface area contributed by atoms with Crippen molar-refractivity contribution in [3.8, 4) is 0 Å². The SMILES string of the molecule is COC1=C(O)C(C)(C(=O)c2ccccc2)C1. The lowest BCUT2D eigenvalue weighted by atomic mass is 9.69. The molecule has 1 aliphatic rings. The second-order valence-electron chi connectivity index (χ2n) is 4.18. The number of allylic oxidation sites excluding steroid dienone is 2. The van der Waals surface area contributed by atoms with Gasteiger partial charge in [0.1, 0.15) is 11.5 Å². The minimum atomic E-state index is -0.813. The van der Waals surface area contributed by atoms with E-state index >= 15 is 0 Å². The van der Waals surface area contributed by atoms with Crippen LogP contribution in [0.4, 0.5) is 0 Å². The zero-order valence-corrected chi connectivity index (χ0v) is 9.36. The zero-order valence-electron chi connectivity index (χ0n) is 9.36. The highest BCUT2D eigenvalue weighted by molar-refractivity contribution is 6.03. The van der Waals surface area contributed by atoms with E-state index in [4.69, 9.17) is 4.74 Å². The van der Waals surface area contributed by atoms with Gasteiger partial charge in [0.05, 0.1) is 12.5 Å². The summed E-state index contributed by atoms with van der Waals surface area (Å²) in [6.45, 7) is 1.74. The van der Waals surface area contributed by atoms with E-state index in [1.54, 1.807) is 19.1 Å². The first-order chi connectivity index (χ1) is 7.59. The molecule has 1 unspecified atom stereocenters. The third-order valence-electron chi connectivity index (χ3n) is 3.08. The number of ether oxygens (including phenoxy) is 1. The first kappa shape index (κ1) is 10.7. The van der Waals surface area contributed by atoms with E-state index in [0.717, 1.165) is 0 Å². The predicted octanol–water partition coefficient (Wildman–Crippen LogP) is 2.70. The van der Waals surface area contributed by atoms with Crippen LogP contribution in [0.2, 0.25) is 0 Å². The molecule has 3 heteroatoms. The van der Waals surface area contributed by atoms with Crippen LogP contribution in [0.25, 0.3) is 0 Å². The van der Waals surface area contributed by atoms with Crippen LogP contribution >= 0.6 is 0 Å². The van der Waals surface area contributed by atoms with Crippen LogP contribution in [0, 0.1) is 5.41 Å². The van der Waals surface area contributed by atoms with Crippen molar-refractivity contribution in [3.63, 3.8) is 0 Å². The van der Waals surface area contributed by atoms with E-state index in [-0.39, 0.29) is 11.5 Å². The summed E-state index contributed by atoms with van der Waals surface area (Å²) in [5, 5.41) is 9.79. The maximum atomic E-state index is 12.2. The highest BCUT2D eigenvalue weighted by Crippen LogP contribution is 2.46. The Kier molecular flexibility index (Phi) is 2.46. The molecule has 0 aliphatic heterocycles. The highest BCUT2D eigenvalue weighted by atomic mass is 16.5. The van der Waals surface area contributed by atoms with E-state index < -0.39 is 5.41 Å². The third-order valence-corrected chi connectivity index (χ3v) is 3.08. The Labute approximate surface area is 94.4 Å². The van der Waals surface area contributed by atoms with Crippen LogP contribution in [0.15, 0.2) is 41.9 Å². The summed E-state index contributed by atoms with van der Waals surface area (Å²) in [4.78, 5) is 12.2. The average Bonchev–Trinajstić information content (AvgIpc) is 2.35. The number of methoxy groups -OCH3 is 1. The molecule has 2 rings (SSSR count). The van der Waals surface area contributed by atoms with E-state index in [1.165, 1.54) is 7.11 Å². The van der Waals surface area contributed by atoms with E-state index in [1.807, 2.05) is 18.2 Å². The maximum absolute atomic E-state index is 12.2. The van der Waals surface area contributed by atoms with Crippen LogP contribution in [-0.2, 0) is 4.74 Å². The van der Waals surface area contributed by atoms with Crippen molar-refractivity contribution in [2.75, 3.05) is 7.11 Å². The number of carbonyl (C=O) groups is 1. The molecule has 0 saturated heterocycles. The summed E-state index contributed by atoms with van der Waals surface area (Å²) in [7, 11) is 1.50. The fourth-order valence-corrected chi connectivity index (χ4v) is 1.95. The third kappa shape index (κ3) is 1.40. The zero-order chi connectivity index (χ0) is 11.8. The minimum Gasteiger partial charge on any atom is -0.508 e. The molecule has 1 aromatic carbocycles. The number of hydrogen-bond acceptors (Lipinski definition) is 3. The molecule has 0 heterocycles. The van der Waals surface area contributed by atoms with E-state index in [9.17, 15) is 9.90 Å². The molecule has 0 saturated carbocycles. The van der Waals surface area contributed by atoms with Gasteiger partial charge in [-0.2, -0.15) is 0 Å². The lowest BCUT2D eigenvalue weighted by molar-refractivity contribution is 0.0607. The highest BCUT2D eigenvalue weighted by Gasteiger charge is 2.49. The summed E-state index contributed by atoms with van der Waals surface area (Å²) in [6, 6.07) is 8.99. The molecule has 0 spiro atoms. The standard InChI is InChI=1S/C13H14O3/c1-13(8-10(16-2)12(13)15)11(14)9-6-4-3-5-7-9/h3-7,15H,8H2,1-2H3. The summed E-state index contributed by atoms with van der Waals surface area (Å²) in [5.41, 5.74) is -0.195. The van der Waals surface area contributed by atoms with Gasteiger partial charge in [-0.25, -0.2) is 0 Å². The summed E-state index contributed by atoms with van der Waals surface area (Å²) < 4.78 is 4.96. The van der Waals surface area contributed by atoms with Crippen LogP contribution in [0.3, 0.4) is 0 Å². The molecule has 0 fully saturated rings. The first-order valence-electron chi connectivity index (χ1n) is 5.16. The van der Waals surface area contributed by atoms with E-state index in [2.05, 4.69) is 0 Å². The van der Waals surface area contributed by atoms with Crippen LogP contribution in [0.1, 0.15) is 23.7 Å². The van der Waals surface area contributed by atoms with Gasteiger partial charge in [0.25, 0.3) is 0 Å².